The van der Waals surface area contributed by atoms with E-state index >= 15 is 0 Å². The molecular formula is C22H23NO6S. The fourth-order valence-corrected chi connectivity index (χ4v) is 3.02. The van der Waals surface area contributed by atoms with Crippen molar-refractivity contribution in [2.45, 2.75) is 19.1 Å². The first-order valence-electron chi connectivity index (χ1n) is 9.21. The van der Waals surface area contributed by atoms with Crippen molar-refractivity contribution in [2.75, 3.05) is 26.3 Å². The van der Waals surface area contributed by atoms with E-state index in [9.17, 15) is 9.59 Å². The number of ether oxygens (including phenoxy) is 4. The van der Waals surface area contributed by atoms with Gasteiger partial charge in [0.05, 0.1) is 25.2 Å². The van der Waals surface area contributed by atoms with Crippen LogP contribution in [0.3, 0.4) is 0 Å². The molecule has 3 rings (SSSR count). The van der Waals surface area contributed by atoms with E-state index < -0.39 is 5.25 Å². The third-order valence-electron chi connectivity index (χ3n) is 4.52. The van der Waals surface area contributed by atoms with Crippen molar-refractivity contribution in [1.29, 1.82) is 0 Å². The van der Waals surface area contributed by atoms with Crippen LogP contribution in [-0.2, 0) is 4.79 Å². The number of carbonyl (C=O) groups is 2. The summed E-state index contributed by atoms with van der Waals surface area (Å²) >= 11 is 4.14. The van der Waals surface area contributed by atoms with Gasteiger partial charge in [0.15, 0.2) is 17.3 Å². The van der Waals surface area contributed by atoms with Gasteiger partial charge in [-0.15, -0.1) is 0 Å². The number of ketones is 1. The molecule has 1 N–H and O–H groups in total. The first-order chi connectivity index (χ1) is 14.3. The lowest BCUT2D eigenvalue weighted by Gasteiger charge is -2.13. The maximum absolute atomic E-state index is 13.0. The van der Waals surface area contributed by atoms with Gasteiger partial charge >= 0.3 is 0 Å². The largest absolute Gasteiger partial charge is 0.495 e. The Morgan fingerprint density at radius 1 is 1.13 bits per heavy atom. The molecule has 2 aromatic carbocycles. The number of amides is 1. The van der Waals surface area contributed by atoms with Crippen molar-refractivity contribution >= 4 is 36.1 Å². The smallest absolute Gasteiger partial charge is 0.237 e. The predicted molar refractivity (Wildman–Crippen MR) is 117 cm³/mol. The number of hydrogen-bond donors (Lipinski definition) is 2. The molecule has 0 aromatic heterocycles. The molecule has 0 saturated heterocycles. The van der Waals surface area contributed by atoms with Crippen molar-refractivity contribution in [1.82, 2.24) is 0 Å². The third kappa shape index (κ3) is 4.54. The Balaban J connectivity index is 1.90. The summed E-state index contributed by atoms with van der Waals surface area (Å²) < 4.78 is 21.4. The minimum atomic E-state index is -0.474. The van der Waals surface area contributed by atoms with Crippen LogP contribution < -0.4 is 24.3 Å². The number of rotatable bonds is 7. The van der Waals surface area contributed by atoms with Gasteiger partial charge in [0.2, 0.25) is 18.4 Å². The van der Waals surface area contributed by atoms with Crippen molar-refractivity contribution in [3.8, 4) is 23.0 Å². The van der Waals surface area contributed by atoms with Crippen LogP contribution in [0.25, 0.3) is 6.08 Å². The molecule has 30 heavy (non-hydrogen) atoms. The van der Waals surface area contributed by atoms with Crippen LogP contribution in [0.15, 0.2) is 35.9 Å². The minimum Gasteiger partial charge on any atom is -0.495 e. The Kier molecular flexibility index (Phi) is 6.56. The third-order valence-corrected chi connectivity index (χ3v) is 4.76. The van der Waals surface area contributed by atoms with Crippen molar-refractivity contribution in [2.24, 2.45) is 0 Å². The van der Waals surface area contributed by atoms with E-state index in [0.717, 1.165) is 5.56 Å². The lowest BCUT2D eigenvalue weighted by atomic mass is 10.0. The lowest BCUT2D eigenvalue weighted by molar-refractivity contribution is -0.115. The second-order valence-electron chi connectivity index (χ2n) is 6.69. The topological polar surface area (TPSA) is 83.1 Å². The standard InChI is InChI=1S/C22H23NO6S/c1-12(20(24)15-9-18(27-4)21-19(10-15)28-11-29-21)7-14-5-6-17(26-3)16(8-14)23-22(25)13(2)30/h5-10,13,30H,11H2,1-4H3,(H,23,25). The number of Topliss-reactive ketones (excluding diaryl/α,β-unsaturated/α-hetero) is 1. The fourth-order valence-electron chi connectivity index (χ4n) is 2.95. The molecular weight excluding hydrogens is 406 g/mol. The summed E-state index contributed by atoms with van der Waals surface area (Å²) in [5, 5.41) is 2.30. The zero-order chi connectivity index (χ0) is 21.8. The molecule has 1 atom stereocenters. The molecule has 0 aliphatic carbocycles. The van der Waals surface area contributed by atoms with Gasteiger partial charge in [-0.25, -0.2) is 0 Å². The van der Waals surface area contributed by atoms with Gasteiger partial charge in [0.1, 0.15) is 5.75 Å². The lowest BCUT2D eigenvalue weighted by Crippen LogP contribution is -2.20. The molecule has 0 spiro atoms. The molecule has 8 heteroatoms. The fraction of sp³-hybridized carbons (Fsp3) is 0.273. The quantitative estimate of drug-likeness (QED) is 0.394. The van der Waals surface area contributed by atoms with Gasteiger partial charge in [-0.2, -0.15) is 12.6 Å². The van der Waals surface area contributed by atoms with Gasteiger partial charge in [-0.1, -0.05) is 6.07 Å². The number of fused-ring (bicyclic) bond motifs is 1. The molecule has 1 heterocycles. The van der Waals surface area contributed by atoms with Crippen molar-refractivity contribution in [3.63, 3.8) is 0 Å². The number of hydrogen-bond acceptors (Lipinski definition) is 7. The van der Waals surface area contributed by atoms with Crippen LogP contribution in [0.5, 0.6) is 23.0 Å². The maximum atomic E-state index is 13.0. The summed E-state index contributed by atoms with van der Waals surface area (Å²) in [5.74, 6) is 1.48. The van der Waals surface area contributed by atoms with E-state index in [0.29, 0.717) is 39.8 Å². The molecule has 158 valence electrons. The molecule has 1 aliphatic rings. The SMILES string of the molecule is COc1ccc(C=C(C)C(=O)c2cc(OC)c3c(c2)OCO3)cc1NC(=O)C(C)S. The highest BCUT2D eigenvalue weighted by atomic mass is 32.1. The average Bonchev–Trinajstić information content (AvgIpc) is 3.21. The number of benzene rings is 2. The molecule has 1 aliphatic heterocycles. The number of allylic oxidation sites excluding steroid dienone is 1. The second kappa shape index (κ2) is 9.13. The van der Waals surface area contributed by atoms with Crippen LogP contribution >= 0.6 is 12.6 Å². The first kappa shape index (κ1) is 21.6. The summed E-state index contributed by atoms with van der Waals surface area (Å²) in [5.41, 5.74) is 2.16. The number of thiol groups is 1. The van der Waals surface area contributed by atoms with Crippen LogP contribution in [0.4, 0.5) is 5.69 Å². The molecule has 0 saturated carbocycles. The van der Waals surface area contributed by atoms with E-state index in [1.165, 1.54) is 14.2 Å². The predicted octanol–water partition coefficient (Wildman–Crippen LogP) is 3.98. The van der Waals surface area contributed by atoms with E-state index in [2.05, 4.69) is 17.9 Å². The number of anilines is 1. The highest BCUT2D eigenvalue weighted by Gasteiger charge is 2.23. The Hall–Kier alpha value is -3.13. The Morgan fingerprint density at radius 2 is 1.87 bits per heavy atom. The number of methoxy groups -OCH3 is 2. The monoisotopic (exact) mass is 429 g/mol. The van der Waals surface area contributed by atoms with E-state index in [1.54, 1.807) is 50.3 Å². The molecule has 1 amide bonds. The van der Waals surface area contributed by atoms with Crippen LogP contribution in [0.1, 0.15) is 29.8 Å². The van der Waals surface area contributed by atoms with Gasteiger partial charge in [-0.05, 0) is 55.3 Å². The zero-order valence-corrected chi connectivity index (χ0v) is 18.0. The minimum absolute atomic E-state index is 0.0867. The summed E-state index contributed by atoms with van der Waals surface area (Å²) in [7, 11) is 3.03. The normalized spacial score (nSPS) is 13.6. The molecule has 7 nitrogen and oxygen atoms in total. The summed E-state index contributed by atoms with van der Waals surface area (Å²) in [4.78, 5) is 25.0. The summed E-state index contributed by atoms with van der Waals surface area (Å²) in [6, 6.07) is 8.53. The highest BCUT2D eigenvalue weighted by Crippen LogP contribution is 2.42. The summed E-state index contributed by atoms with van der Waals surface area (Å²) in [6.07, 6.45) is 1.73. The zero-order valence-electron chi connectivity index (χ0n) is 17.1. The van der Waals surface area contributed by atoms with Crippen LogP contribution in [0, 0.1) is 0 Å². The highest BCUT2D eigenvalue weighted by molar-refractivity contribution is 7.81. The van der Waals surface area contributed by atoms with Crippen molar-refractivity contribution in [3.05, 3.63) is 47.0 Å². The van der Waals surface area contributed by atoms with E-state index in [1.807, 2.05) is 0 Å². The maximum Gasteiger partial charge on any atom is 0.237 e. The number of nitrogens with one attached hydrogen (secondary N) is 1. The van der Waals surface area contributed by atoms with Crippen LogP contribution in [0.2, 0.25) is 0 Å². The molecule has 2 aromatic rings. The van der Waals surface area contributed by atoms with Gasteiger partial charge < -0.3 is 24.3 Å². The first-order valence-corrected chi connectivity index (χ1v) is 9.73. The average molecular weight is 429 g/mol. The van der Waals surface area contributed by atoms with Gasteiger partial charge in [0.25, 0.3) is 0 Å². The molecule has 0 radical (unpaired) electrons. The molecule has 1 unspecified atom stereocenters. The Bertz CT molecular complexity index is 1010. The second-order valence-corrected chi connectivity index (χ2v) is 7.47. The van der Waals surface area contributed by atoms with E-state index in [-0.39, 0.29) is 18.5 Å². The Morgan fingerprint density at radius 3 is 2.53 bits per heavy atom. The van der Waals surface area contributed by atoms with Gasteiger partial charge in [-0.3, -0.25) is 9.59 Å². The van der Waals surface area contributed by atoms with Crippen LogP contribution in [-0.4, -0.2) is 38.0 Å². The molecule has 0 bridgehead atoms. The Labute approximate surface area is 180 Å². The molecule has 0 fully saturated rings. The number of carbonyl (C=O) groups excluding carboxylic acids is 2. The summed E-state index contributed by atoms with van der Waals surface area (Å²) in [6.45, 7) is 3.48. The van der Waals surface area contributed by atoms with Crippen molar-refractivity contribution < 1.29 is 28.5 Å². The van der Waals surface area contributed by atoms with Gasteiger partial charge in [0, 0.05) is 5.56 Å². The van der Waals surface area contributed by atoms with E-state index in [4.69, 9.17) is 18.9 Å².